The summed E-state index contributed by atoms with van der Waals surface area (Å²) in [5.41, 5.74) is 1.67. The lowest BCUT2D eigenvalue weighted by Gasteiger charge is -2.32. The molecule has 25 heavy (non-hydrogen) atoms. The largest absolute Gasteiger partial charge is 0.350 e. The number of fused-ring (bicyclic) bond motifs is 1. The van der Waals surface area contributed by atoms with Gasteiger partial charge in [0, 0.05) is 12.6 Å². The number of hydrogen-bond donors (Lipinski definition) is 2. The first kappa shape index (κ1) is 19.4. The Morgan fingerprint density at radius 1 is 1.28 bits per heavy atom. The van der Waals surface area contributed by atoms with E-state index in [1.54, 1.807) is 25.1 Å². The molecule has 0 aliphatic carbocycles. The molecule has 6 nitrogen and oxygen atoms in total. The normalized spacial score (nSPS) is 23.7. The Morgan fingerprint density at radius 2 is 1.96 bits per heavy atom. The van der Waals surface area contributed by atoms with Gasteiger partial charge in [0.2, 0.25) is 5.91 Å². The van der Waals surface area contributed by atoms with Crippen molar-refractivity contribution in [1.82, 2.24) is 15.5 Å². The van der Waals surface area contributed by atoms with Gasteiger partial charge in [0.15, 0.2) is 0 Å². The number of piperidine rings is 1. The molecule has 0 saturated carbocycles. The Labute approximate surface area is 153 Å². The highest BCUT2D eigenvalue weighted by atomic mass is 35.5. The number of amides is 3. The van der Waals surface area contributed by atoms with E-state index in [1.165, 1.54) is 0 Å². The predicted octanol–water partition coefficient (Wildman–Crippen LogP) is 1.52. The van der Waals surface area contributed by atoms with Gasteiger partial charge < -0.3 is 10.6 Å². The molecule has 2 N–H and O–H groups in total. The Balaban J connectivity index is 0.00000225. The molecule has 0 radical (unpaired) electrons. The fourth-order valence-corrected chi connectivity index (χ4v) is 3.33. The van der Waals surface area contributed by atoms with Crippen molar-refractivity contribution in [3.8, 4) is 0 Å². The first-order chi connectivity index (χ1) is 11.4. The fourth-order valence-electron chi connectivity index (χ4n) is 3.33. The van der Waals surface area contributed by atoms with Gasteiger partial charge in [0.05, 0.1) is 11.1 Å². The molecular weight excluding hydrogens is 342 g/mol. The predicted molar refractivity (Wildman–Crippen MR) is 97.0 cm³/mol. The zero-order chi connectivity index (χ0) is 17.4. The molecule has 1 fully saturated rings. The minimum Gasteiger partial charge on any atom is -0.350 e. The number of rotatable bonds is 3. The van der Waals surface area contributed by atoms with Crippen LogP contribution in [0.1, 0.15) is 46.5 Å². The minimum absolute atomic E-state index is 0. The lowest BCUT2D eigenvalue weighted by Crippen LogP contribution is -2.55. The third kappa shape index (κ3) is 3.55. The van der Waals surface area contributed by atoms with E-state index in [-0.39, 0.29) is 24.4 Å². The quantitative estimate of drug-likeness (QED) is 0.796. The topological polar surface area (TPSA) is 78.5 Å². The number of benzene rings is 1. The minimum atomic E-state index is -0.827. The van der Waals surface area contributed by atoms with Crippen LogP contribution in [0.25, 0.3) is 0 Å². The van der Waals surface area contributed by atoms with Gasteiger partial charge in [0.1, 0.15) is 6.04 Å². The van der Waals surface area contributed by atoms with Crippen molar-refractivity contribution in [2.75, 3.05) is 13.1 Å². The van der Waals surface area contributed by atoms with E-state index in [1.807, 2.05) is 6.92 Å². The third-order valence-corrected chi connectivity index (χ3v) is 5.00. The maximum absolute atomic E-state index is 12.6. The van der Waals surface area contributed by atoms with Crippen LogP contribution in [0, 0.1) is 12.8 Å². The third-order valence-electron chi connectivity index (χ3n) is 5.00. The van der Waals surface area contributed by atoms with Crippen LogP contribution < -0.4 is 10.6 Å². The van der Waals surface area contributed by atoms with Gasteiger partial charge >= 0.3 is 0 Å². The van der Waals surface area contributed by atoms with Crippen LogP contribution in [0.4, 0.5) is 0 Å². The molecule has 1 aromatic carbocycles. The molecule has 3 amide bonds. The summed E-state index contributed by atoms with van der Waals surface area (Å²) in [6.45, 7) is 7.22. The lowest BCUT2D eigenvalue weighted by molar-refractivity contribution is -0.125. The monoisotopic (exact) mass is 365 g/mol. The first-order valence-electron chi connectivity index (χ1n) is 8.39. The SMILES string of the molecule is Cc1ccc2c(c1)C(=O)N(C(C)C(=O)NC1CNCCC1C)C2=O.Cl. The Kier molecular flexibility index (Phi) is 5.85. The highest BCUT2D eigenvalue weighted by molar-refractivity contribution is 6.22. The summed E-state index contributed by atoms with van der Waals surface area (Å²) in [7, 11) is 0. The van der Waals surface area contributed by atoms with Crippen LogP contribution in [0.3, 0.4) is 0 Å². The van der Waals surface area contributed by atoms with Crippen LogP contribution in [0.5, 0.6) is 0 Å². The molecule has 1 aromatic rings. The average molecular weight is 366 g/mol. The van der Waals surface area contributed by atoms with Crippen LogP contribution in [0.2, 0.25) is 0 Å². The Morgan fingerprint density at radius 3 is 2.64 bits per heavy atom. The molecular formula is C18H24ClN3O3. The summed E-state index contributed by atoms with van der Waals surface area (Å²) < 4.78 is 0. The number of nitrogens with one attached hydrogen (secondary N) is 2. The van der Waals surface area contributed by atoms with Crippen molar-refractivity contribution in [3.05, 3.63) is 34.9 Å². The summed E-state index contributed by atoms with van der Waals surface area (Å²) in [5, 5.41) is 6.23. The van der Waals surface area contributed by atoms with E-state index in [9.17, 15) is 14.4 Å². The second-order valence-corrected chi connectivity index (χ2v) is 6.79. The second kappa shape index (κ2) is 7.54. The standard InChI is InChI=1S/C18H23N3O3.ClH/c1-10-4-5-13-14(8-10)18(24)21(17(13)23)12(3)16(22)20-15-9-19-7-6-11(15)2;/h4-5,8,11-12,15,19H,6-7,9H2,1-3H3,(H,20,22);1H. The summed E-state index contributed by atoms with van der Waals surface area (Å²) in [5.74, 6) is -0.711. The molecule has 2 aliphatic heterocycles. The van der Waals surface area contributed by atoms with Crippen molar-refractivity contribution in [2.24, 2.45) is 5.92 Å². The van der Waals surface area contributed by atoms with Crippen molar-refractivity contribution in [3.63, 3.8) is 0 Å². The summed E-state index contributed by atoms with van der Waals surface area (Å²) in [4.78, 5) is 38.7. The summed E-state index contributed by atoms with van der Waals surface area (Å²) >= 11 is 0. The van der Waals surface area contributed by atoms with Crippen LogP contribution in [-0.4, -0.2) is 47.8 Å². The van der Waals surface area contributed by atoms with Gasteiger partial charge in [-0.2, -0.15) is 0 Å². The van der Waals surface area contributed by atoms with Crippen LogP contribution >= 0.6 is 12.4 Å². The van der Waals surface area contributed by atoms with E-state index in [2.05, 4.69) is 17.6 Å². The molecule has 3 rings (SSSR count). The summed E-state index contributed by atoms with van der Waals surface area (Å²) in [6.07, 6.45) is 0.992. The van der Waals surface area contributed by atoms with Gasteiger partial charge in [-0.15, -0.1) is 12.4 Å². The fraction of sp³-hybridized carbons (Fsp3) is 0.500. The van der Waals surface area contributed by atoms with Gasteiger partial charge in [-0.3, -0.25) is 19.3 Å². The van der Waals surface area contributed by atoms with E-state index in [0.717, 1.165) is 23.4 Å². The second-order valence-electron chi connectivity index (χ2n) is 6.79. The number of hydrogen-bond acceptors (Lipinski definition) is 4. The van der Waals surface area contributed by atoms with Crippen LogP contribution in [0.15, 0.2) is 18.2 Å². The van der Waals surface area contributed by atoms with Crippen molar-refractivity contribution in [1.29, 1.82) is 0 Å². The van der Waals surface area contributed by atoms with Crippen molar-refractivity contribution in [2.45, 2.75) is 39.3 Å². The first-order valence-corrected chi connectivity index (χ1v) is 8.39. The smallest absolute Gasteiger partial charge is 0.262 e. The Bertz CT molecular complexity index is 707. The molecule has 3 unspecified atom stereocenters. The number of nitrogens with zero attached hydrogens (tertiary/aromatic N) is 1. The van der Waals surface area contributed by atoms with E-state index < -0.39 is 17.9 Å². The summed E-state index contributed by atoms with van der Waals surface area (Å²) in [6, 6.07) is 4.35. The maximum Gasteiger partial charge on any atom is 0.262 e. The molecule has 1 saturated heterocycles. The highest BCUT2D eigenvalue weighted by Gasteiger charge is 2.41. The molecule has 0 bridgehead atoms. The average Bonchev–Trinajstić information content (AvgIpc) is 2.79. The van der Waals surface area contributed by atoms with Crippen molar-refractivity contribution < 1.29 is 14.4 Å². The molecule has 7 heteroatoms. The molecule has 2 aliphatic rings. The molecule has 0 spiro atoms. The molecule has 2 heterocycles. The van der Waals surface area contributed by atoms with E-state index in [4.69, 9.17) is 0 Å². The number of carbonyl (C=O) groups excluding carboxylic acids is 3. The number of aryl methyl sites for hydroxylation is 1. The van der Waals surface area contributed by atoms with E-state index >= 15 is 0 Å². The number of halogens is 1. The van der Waals surface area contributed by atoms with Crippen molar-refractivity contribution >= 4 is 30.1 Å². The zero-order valence-electron chi connectivity index (χ0n) is 14.7. The molecule has 3 atom stereocenters. The van der Waals surface area contributed by atoms with Gasteiger partial charge in [-0.05, 0) is 44.9 Å². The molecule has 136 valence electrons. The zero-order valence-corrected chi connectivity index (χ0v) is 15.5. The van der Waals surface area contributed by atoms with E-state index in [0.29, 0.717) is 23.6 Å². The van der Waals surface area contributed by atoms with Crippen LogP contribution in [-0.2, 0) is 4.79 Å². The highest BCUT2D eigenvalue weighted by Crippen LogP contribution is 2.26. The number of imide groups is 1. The number of carbonyl (C=O) groups is 3. The Hall–Kier alpha value is -1.92. The molecule has 0 aromatic heterocycles. The van der Waals surface area contributed by atoms with Gasteiger partial charge in [-0.1, -0.05) is 18.6 Å². The maximum atomic E-state index is 12.6. The van der Waals surface area contributed by atoms with Gasteiger partial charge in [0.25, 0.3) is 11.8 Å². The van der Waals surface area contributed by atoms with Gasteiger partial charge in [-0.25, -0.2) is 0 Å². The lowest BCUT2D eigenvalue weighted by atomic mass is 9.94.